The van der Waals surface area contributed by atoms with E-state index in [-0.39, 0.29) is 5.56 Å². The fourth-order valence-electron chi connectivity index (χ4n) is 1.18. The van der Waals surface area contributed by atoms with Crippen LogP contribution in [-0.2, 0) is 5.92 Å². The Morgan fingerprint density at radius 1 is 1.50 bits per heavy atom. The lowest BCUT2D eigenvalue weighted by Gasteiger charge is -2.15. The number of nitriles is 1. The minimum atomic E-state index is -3.07. The van der Waals surface area contributed by atoms with Crippen LogP contribution in [0.4, 0.5) is 8.78 Å². The molecule has 0 aliphatic heterocycles. The lowest BCUT2D eigenvalue weighted by atomic mass is 10.0. The van der Waals surface area contributed by atoms with Crippen LogP contribution in [0.1, 0.15) is 17.5 Å². The van der Waals surface area contributed by atoms with Gasteiger partial charge in [0.2, 0.25) is 0 Å². The molecule has 0 heterocycles. The highest BCUT2D eigenvalue weighted by molar-refractivity contribution is 9.10. The molecule has 0 N–H and O–H groups in total. The maximum absolute atomic E-state index is 13.4. The SMILES string of the molecule is Cc1ccc(Br)cc1C(F)(F)CC#N. The third kappa shape index (κ3) is 2.30. The van der Waals surface area contributed by atoms with Crippen molar-refractivity contribution < 1.29 is 8.78 Å². The lowest BCUT2D eigenvalue weighted by Crippen LogP contribution is -2.13. The highest BCUT2D eigenvalue weighted by atomic mass is 79.9. The van der Waals surface area contributed by atoms with Crippen LogP contribution in [-0.4, -0.2) is 0 Å². The Hall–Kier alpha value is -0.950. The molecule has 0 spiro atoms. The molecule has 0 atom stereocenters. The fraction of sp³-hybridized carbons (Fsp3) is 0.300. The molecule has 0 amide bonds. The van der Waals surface area contributed by atoms with Crippen molar-refractivity contribution in [3.8, 4) is 6.07 Å². The average Bonchev–Trinajstić information content (AvgIpc) is 2.09. The summed E-state index contributed by atoms with van der Waals surface area (Å²) in [5.74, 6) is -3.07. The summed E-state index contributed by atoms with van der Waals surface area (Å²) in [6.07, 6.45) is -0.787. The molecule has 1 aromatic rings. The maximum Gasteiger partial charge on any atom is 0.286 e. The van der Waals surface area contributed by atoms with Crippen molar-refractivity contribution in [3.63, 3.8) is 0 Å². The number of nitrogens with zero attached hydrogens (tertiary/aromatic N) is 1. The molecule has 1 nitrogen and oxygen atoms in total. The molecule has 0 unspecified atom stereocenters. The predicted molar refractivity (Wildman–Crippen MR) is 53.0 cm³/mol. The zero-order chi connectivity index (χ0) is 10.8. The Labute approximate surface area is 89.5 Å². The van der Waals surface area contributed by atoms with E-state index < -0.39 is 12.3 Å². The van der Waals surface area contributed by atoms with E-state index in [9.17, 15) is 8.78 Å². The number of rotatable bonds is 2. The smallest absolute Gasteiger partial charge is 0.200 e. The van der Waals surface area contributed by atoms with E-state index in [1.54, 1.807) is 19.1 Å². The number of benzene rings is 1. The van der Waals surface area contributed by atoms with Crippen molar-refractivity contribution in [2.75, 3.05) is 0 Å². The highest BCUT2D eigenvalue weighted by Crippen LogP contribution is 2.34. The van der Waals surface area contributed by atoms with Crippen LogP contribution < -0.4 is 0 Å². The van der Waals surface area contributed by atoms with Gasteiger partial charge in [0.05, 0.1) is 6.07 Å². The summed E-state index contributed by atoms with van der Waals surface area (Å²) < 4.78 is 27.3. The van der Waals surface area contributed by atoms with Gasteiger partial charge in [-0.25, -0.2) is 8.78 Å². The zero-order valence-electron chi connectivity index (χ0n) is 7.52. The molecular weight excluding hydrogens is 252 g/mol. The van der Waals surface area contributed by atoms with E-state index in [0.29, 0.717) is 10.0 Å². The first-order valence-corrected chi connectivity index (χ1v) is 4.78. The summed E-state index contributed by atoms with van der Waals surface area (Å²) >= 11 is 3.12. The predicted octanol–water partition coefficient (Wildman–Crippen LogP) is 3.76. The third-order valence-corrected chi connectivity index (χ3v) is 2.39. The molecule has 1 rings (SSSR count). The Bertz CT molecular complexity index is 382. The molecule has 0 saturated heterocycles. The normalized spacial score (nSPS) is 11.1. The second-order valence-electron chi connectivity index (χ2n) is 3.00. The first-order valence-electron chi connectivity index (χ1n) is 3.99. The van der Waals surface area contributed by atoms with E-state index in [0.717, 1.165) is 0 Å². The summed E-state index contributed by atoms with van der Waals surface area (Å²) in [5, 5.41) is 8.28. The maximum atomic E-state index is 13.4. The van der Waals surface area contributed by atoms with E-state index >= 15 is 0 Å². The van der Waals surface area contributed by atoms with Gasteiger partial charge in [-0.2, -0.15) is 5.26 Å². The molecule has 0 aromatic heterocycles. The van der Waals surface area contributed by atoms with Gasteiger partial charge in [0.1, 0.15) is 6.42 Å². The molecular formula is C10H8BrF2N. The molecule has 0 aliphatic carbocycles. The topological polar surface area (TPSA) is 23.8 Å². The van der Waals surface area contributed by atoms with Crippen LogP contribution in [0.3, 0.4) is 0 Å². The molecule has 0 bridgehead atoms. The minimum Gasteiger partial charge on any atom is -0.200 e. The van der Waals surface area contributed by atoms with Gasteiger partial charge in [-0.1, -0.05) is 22.0 Å². The Morgan fingerprint density at radius 3 is 2.71 bits per heavy atom. The molecule has 0 fully saturated rings. The summed E-state index contributed by atoms with van der Waals surface area (Å²) in [4.78, 5) is 0. The van der Waals surface area contributed by atoms with Crippen molar-refractivity contribution >= 4 is 15.9 Å². The monoisotopic (exact) mass is 259 g/mol. The molecule has 14 heavy (non-hydrogen) atoms. The molecule has 0 saturated carbocycles. The number of alkyl halides is 2. The second kappa shape index (κ2) is 4.05. The quantitative estimate of drug-likeness (QED) is 0.794. The van der Waals surface area contributed by atoms with Crippen molar-refractivity contribution in [1.82, 2.24) is 0 Å². The van der Waals surface area contributed by atoms with Crippen molar-refractivity contribution in [2.24, 2.45) is 0 Å². The molecule has 1 aromatic carbocycles. The molecule has 0 radical (unpaired) electrons. The van der Waals surface area contributed by atoms with Gasteiger partial charge in [-0.3, -0.25) is 0 Å². The van der Waals surface area contributed by atoms with Crippen LogP contribution in [0, 0.1) is 18.3 Å². The van der Waals surface area contributed by atoms with E-state index in [2.05, 4.69) is 15.9 Å². The third-order valence-electron chi connectivity index (χ3n) is 1.89. The van der Waals surface area contributed by atoms with Gasteiger partial charge >= 0.3 is 0 Å². The van der Waals surface area contributed by atoms with Gasteiger partial charge < -0.3 is 0 Å². The minimum absolute atomic E-state index is 0.0894. The van der Waals surface area contributed by atoms with Crippen LogP contribution >= 0.6 is 15.9 Å². The standard InChI is InChI=1S/C10H8BrF2N/c1-7-2-3-8(11)6-9(7)10(12,13)4-5-14/h2-3,6H,4H2,1H3. The lowest BCUT2D eigenvalue weighted by molar-refractivity contribution is 0.000271. The zero-order valence-corrected chi connectivity index (χ0v) is 9.11. The van der Waals surface area contributed by atoms with Crippen molar-refractivity contribution in [2.45, 2.75) is 19.3 Å². The summed E-state index contributed by atoms with van der Waals surface area (Å²) in [6.45, 7) is 1.60. The number of hydrogen-bond donors (Lipinski definition) is 0. The van der Waals surface area contributed by atoms with Gasteiger partial charge in [0.25, 0.3) is 5.92 Å². The number of aryl methyl sites for hydroxylation is 1. The van der Waals surface area contributed by atoms with E-state index in [1.165, 1.54) is 12.1 Å². The molecule has 74 valence electrons. The number of halogens is 3. The Morgan fingerprint density at radius 2 is 2.14 bits per heavy atom. The first kappa shape index (κ1) is 11.1. The van der Waals surface area contributed by atoms with E-state index in [4.69, 9.17) is 5.26 Å². The van der Waals surface area contributed by atoms with Gasteiger partial charge in [0, 0.05) is 10.0 Å². The van der Waals surface area contributed by atoms with Gasteiger partial charge in [-0.15, -0.1) is 0 Å². The molecule has 4 heteroatoms. The van der Waals surface area contributed by atoms with Crippen LogP contribution in [0.25, 0.3) is 0 Å². The Balaban J connectivity index is 3.18. The van der Waals surface area contributed by atoms with Crippen LogP contribution in [0.15, 0.2) is 22.7 Å². The first-order chi connectivity index (χ1) is 6.47. The fourth-order valence-corrected chi connectivity index (χ4v) is 1.54. The second-order valence-corrected chi connectivity index (χ2v) is 3.91. The number of hydrogen-bond acceptors (Lipinski definition) is 1. The van der Waals surface area contributed by atoms with Crippen molar-refractivity contribution in [3.05, 3.63) is 33.8 Å². The van der Waals surface area contributed by atoms with Gasteiger partial charge in [-0.05, 0) is 24.6 Å². The summed E-state index contributed by atoms with van der Waals surface area (Å²) in [7, 11) is 0. The summed E-state index contributed by atoms with van der Waals surface area (Å²) in [5.41, 5.74) is 0.405. The Kier molecular flexibility index (Phi) is 3.22. The van der Waals surface area contributed by atoms with Gasteiger partial charge in [0.15, 0.2) is 0 Å². The van der Waals surface area contributed by atoms with Crippen molar-refractivity contribution in [1.29, 1.82) is 5.26 Å². The summed E-state index contributed by atoms with van der Waals surface area (Å²) in [6, 6.07) is 6.14. The average molecular weight is 260 g/mol. The van der Waals surface area contributed by atoms with E-state index in [1.807, 2.05) is 0 Å². The van der Waals surface area contributed by atoms with Crippen LogP contribution in [0.2, 0.25) is 0 Å². The largest absolute Gasteiger partial charge is 0.286 e. The molecule has 0 aliphatic rings. The van der Waals surface area contributed by atoms with Crippen LogP contribution in [0.5, 0.6) is 0 Å². The highest BCUT2D eigenvalue weighted by Gasteiger charge is 2.32.